The van der Waals surface area contributed by atoms with Gasteiger partial charge in [0.25, 0.3) is 11.1 Å². The molecule has 0 spiro atoms. The first-order valence-electron chi connectivity index (χ1n) is 15.7. The van der Waals surface area contributed by atoms with Crippen molar-refractivity contribution in [2.45, 2.75) is 12.7 Å². The predicted molar refractivity (Wildman–Crippen MR) is 190 cm³/mol. The Bertz CT molecular complexity index is 2490. The number of pyridine rings is 1. The van der Waals surface area contributed by atoms with Crippen LogP contribution in [-0.4, -0.2) is 43.9 Å². The highest BCUT2D eigenvalue weighted by molar-refractivity contribution is 6.38. The molecule has 8 nitrogen and oxygen atoms in total. The Morgan fingerprint density at radius 1 is 0.667 bits per heavy atom. The number of ether oxygens (including phenoxy) is 3. The lowest BCUT2D eigenvalue weighted by atomic mass is 9.95. The van der Waals surface area contributed by atoms with Gasteiger partial charge in [0, 0.05) is 26.9 Å². The summed E-state index contributed by atoms with van der Waals surface area (Å²) in [6.07, 6.45) is -3.87. The van der Waals surface area contributed by atoms with Gasteiger partial charge in [0.05, 0.1) is 54.1 Å². The van der Waals surface area contributed by atoms with E-state index >= 15 is 0 Å². The van der Waals surface area contributed by atoms with E-state index in [4.69, 9.17) is 41.8 Å². The summed E-state index contributed by atoms with van der Waals surface area (Å²) in [7, 11) is 0. The van der Waals surface area contributed by atoms with E-state index in [1.165, 1.54) is 24.3 Å². The first-order valence-corrected chi connectivity index (χ1v) is 16.5. The molecule has 0 aliphatic heterocycles. The van der Waals surface area contributed by atoms with Gasteiger partial charge in [0.2, 0.25) is 0 Å². The van der Waals surface area contributed by atoms with Crippen molar-refractivity contribution in [3.63, 3.8) is 0 Å². The SMILES string of the molecule is O=Cc1c(Cl)cc(OCCOCCOCCn2c(=O)c3ccc4oc5ccc(-c6ccc(C(F)(F)F)cc6)cc5c5ccc(c2=O)c3c45)cc1Cl. The second-order valence-corrected chi connectivity index (χ2v) is 12.5. The fourth-order valence-corrected chi connectivity index (χ4v) is 6.70. The fourth-order valence-electron chi connectivity index (χ4n) is 6.15. The molecular weight excluding hydrogens is 710 g/mol. The largest absolute Gasteiger partial charge is 0.491 e. The molecule has 0 unspecified atom stereocenters. The van der Waals surface area contributed by atoms with Crippen LogP contribution in [0.15, 0.2) is 92.9 Å². The van der Waals surface area contributed by atoms with Crippen LogP contribution in [0.4, 0.5) is 13.2 Å². The molecule has 0 aliphatic carbocycles. The number of aldehydes is 1. The van der Waals surface area contributed by atoms with Crippen molar-refractivity contribution in [2.24, 2.45) is 0 Å². The standard InChI is InChI=1S/C38H26Cl2F3NO7/c39-30-18-24(19-31(40)29(30)20-45)50-16-15-49-14-13-48-12-11-44-36(46)26-7-6-25-28-17-22(21-1-4-23(5-2-21)38(41,42)43)3-9-32(28)51-33-10-8-27(37(44)47)34(26)35(25)33/h1-10,17-20H,11-16H2. The lowest BCUT2D eigenvalue weighted by molar-refractivity contribution is -0.137. The van der Waals surface area contributed by atoms with Crippen LogP contribution in [0.1, 0.15) is 15.9 Å². The molecule has 0 atom stereocenters. The maximum atomic E-state index is 13.6. The van der Waals surface area contributed by atoms with Crippen LogP contribution in [0.2, 0.25) is 10.0 Å². The van der Waals surface area contributed by atoms with Crippen LogP contribution in [-0.2, 0) is 22.2 Å². The highest BCUT2D eigenvalue weighted by Crippen LogP contribution is 2.39. The summed E-state index contributed by atoms with van der Waals surface area (Å²) in [5.74, 6) is 0.399. The van der Waals surface area contributed by atoms with Crippen molar-refractivity contribution in [3.05, 3.63) is 121 Å². The molecule has 0 amide bonds. The van der Waals surface area contributed by atoms with Gasteiger partial charge in [-0.2, -0.15) is 13.2 Å². The van der Waals surface area contributed by atoms with Crippen LogP contribution in [0.5, 0.6) is 5.75 Å². The van der Waals surface area contributed by atoms with Crippen LogP contribution in [0.25, 0.3) is 54.6 Å². The highest BCUT2D eigenvalue weighted by atomic mass is 35.5. The summed E-state index contributed by atoms with van der Waals surface area (Å²) in [6, 6.07) is 20.1. The van der Waals surface area contributed by atoms with E-state index in [0.717, 1.165) is 22.1 Å². The summed E-state index contributed by atoms with van der Waals surface area (Å²) in [6.45, 7) is 1.02. The Labute approximate surface area is 296 Å². The van der Waals surface area contributed by atoms with E-state index in [1.807, 2.05) is 6.07 Å². The van der Waals surface area contributed by atoms with Crippen LogP contribution >= 0.6 is 23.2 Å². The molecule has 5 aromatic carbocycles. The number of fused-ring (bicyclic) bond motifs is 2. The van der Waals surface area contributed by atoms with Gasteiger partial charge in [-0.15, -0.1) is 0 Å². The zero-order chi connectivity index (χ0) is 35.9. The van der Waals surface area contributed by atoms with Gasteiger partial charge in [0.15, 0.2) is 6.29 Å². The van der Waals surface area contributed by atoms with Gasteiger partial charge in [-0.25, -0.2) is 0 Å². The first-order chi connectivity index (χ1) is 24.5. The van der Waals surface area contributed by atoms with E-state index in [2.05, 4.69) is 0 Å². The predicted octanol–water partition coefficient (Wildman–Crippen LogP) is 8.77. The number of carbonyl (C=O) groups is 1. The Balaban J connectivity index is 1.05. The molecule has 0 bridgehead atoms. The van der Waals surface area contributed by atoms with Crippen molar-refractivity contribution < 1.29 is 36.6 Å². The van der Waals surface area contributed by atoms with Crippen LogP contribution in [0, 0.1) is 0 Å². The van der Waals surface area contributed by atoms with Crippen molar-refractivity contribution in [1.82, 2.24) is 4.57 Å². The van der Waals surface area contributed by atoms with Gasteiger partial charge < -0.3 is 18.6 Å². The van der Waals surface area contributed by atoms with E-state index < -0.39 is 22.9 Å². The first kappa shape index (κ1) is 34.5. The van der Waals surface area contributed by atoms with E-state index in [0.29, 0.717) is 61.3 Å². The van der Waals surface area contributed by atoms with Crippen LogP contribution < -0.4 is 15.9 Å². The molecular formula is C38H26Cl2F3NO7. The Morgan fingerprint density at radius 2 is 1.25 bits per heavy atom. The second-order valence-electron chi connectivity index (χ2n) is 11.7. The smallest absolute Gasteiger partial charge is 0.416 e. The molecule has 260 valence electrons. The molecule has 0 fully saturated rings. The summed E-state index contributed by atoms with van der Waals surface area (Å²) >= 11 is 12.0. The van der Waals surface area contributed by atoms with Crippen molar-refractivity contribution in [3.8, 4) is 16.9 Å². The summed E-state index contributed by atoms with van der Waals surface area (Å²) in [5, 5.41) is 3.61. The van der Waals surface area contributed by atoms with Crippen molar-refractivity contribution >= 4 is 73.0 Å². The maximum Gasteiger partial charge on any atom is 0.416 e. The molecule has 0 radical (unpaired) electrons. The Morgan fingerprint density at radius 3 is 1.92 bits per heavy atom. The topological polar surface area (TPSA) is 97.0 Å². The number of hydrogen-bond donors (Lipinski definition) is 0. The number of hydrogen-bond acceptors (Lipinski definition) is 7. The molecule has 51 heavy (non-hydrogen) atoms. The van der Waals surface area contributed by atoms with Crippen molar-refractivity contribution in [1.29, 1.82) is 0 Å². The number of alkyl halides is 3. The van der Waals surface area contributed by atoms with Gasteiger partial charge in [-0.05, 0) is 71.1 Å². The summed E-state index contributed by atoms with van der Waals surface area (Å²) < 4.78 is 63.4. The molecule has 2 aromatic heterocycles. The second kappa shape index (κ2) is 14.0. The van der Waals surface area contributed by atoms with E-state index in [9.17, 15) is 27.6 Å². The minimum atomic E-state index is -4.44. The molecule has 0 N–H and O–H groups in total. The van der Waals surface area contributed by atoms with E-state index in [-0.39, 0.29) is 55.2 Å². The third-order valence-electron chi connectivity index (χ3n) is 8.61. The summed E-state index contributed by atoms with van der Waals surface area (Å²) in [5.41, 5.74) is 0.856. The monoisotopic (exact) mass is 735 g/mol. The normalized spacial score (nSPS) is 12.1. The third-order valence-corrected chi connectivity index (χ3v) is 9.23. The lowest BCUT2D eigenvalue weighted by Gasteiger charge is -2.15. The molecule has 0 aliphatic rings. The molecule has 7 rings (SSSR count). The molecule has 0 saturated heterocycles. The number of aromatic nitrogens is 1. The van der Waals surface area contributed by atoms with Gasteiger partial charge in [-0.3, -0.25) is 19.0 Å². The fraction of sp³-hybridized carbons (Fsp3) is 0.184. The van der Waals surface area contributed by atoms with E-state index in [1.54, 1.807) is 36.4 Å². The summed E-state index contributed by atoms with van der Waals surface area (Å²) in [4.78, 5) is 38.2. The van der Waals surface area contributed by atoms with Gasteiger partial charge in [-0.1, -0.05) is 47.5 Å². The number of halogens is 5. The number of rotatable bonds is 12. The maximum absolute atomic E-state index is 13.6. The number of nitrogens with zero attached hydrogens (tertiary/aromatic N) is 1. The molecule has 2 heterocycles. The lowest BCUT2D eigenvalue weighted by Crippen LogP contribution is -2.34. The van der Waals surface area contributed by atoms with Gasteiger partial charge >= 0.3 is 6.18 Å². The minimum absolute atomic E-state index is 0.0271. The molecule has 7 aromatic rings. The third kappa shape index (κ3) is 6.65. The zero-order valence-corrected chi connectivity index (χ0v) is 28.0. The number of carbonyl (C=O) groups excluding carboxylic acids is 1. The van der Waals surface area contributed by atoms with Gasteiger partial charge in [0.1, 0.15) is 23.5 Å². The number of benzene rings is 5. The average Bonchev–Trinajstić information content (AvgIpc) is 3.11. The Hall–Kier alpha value is -4.94. The van der Waals surface area contributed by atoms with Crippen molar-refractivity contribution in [2.75, 3.05) is 33.0 Å². The zero-order valence-electron chi connectivity index (χ0n) is 26.5. The quantitative estimate of drug-likeness (QED) is 0.0536. The minimum Gasteiger partial charge on any atom is -0.491 e. The van der Waals surface area contributed by atoms with Crippen LogP contribution in [0.3, 0.4) is 0 Å². The Kier molecular flexibility index (Phi) is 9.47. The molecule has 13 heteroatoms. The highest BCUT2D eigenvalue weighted by Gasteiger charge is 2.30. The average molecular weight is 737 g/mol. The molecule has 0 saturated carbocycles.